The Bertz CT molecular complexity index is 884. The molecule has 0 aliphatic rings. The van der Waals surface area contributed by atoms with Crippen molar-refractivity contribution in [3.63, 3.8) is 0 Å². The van der Waals surface area contributed by atoms with Crippen molar-refractivity contribution in [2.45, 2.75) is 244 Å². The van der Waals surface area contributed by atoms with Crippen molar-refractivity contribution in [3.05, 3.63) is 36.5 Å². The number of rotatable bonds is 42. The van der Waals surface area contributed by atoms with E-state index in [0.717, 1.165) is 83.5 Å². The molecule has 0 aromatic heterocycles. The van der Waals surface area contributed by atoms with Crippen LogP contribution in [0.5, 0.6) is 0 Å². The molecule has 0 saturated carbocycles. The number of hydrogen-bond donors (Lipinski definition) is 3. The second-order valence-corrected chi connectivity index (χ2v) is 15.7. The molecule has 0 aliphatic heterocycles. The zero-order valence-electron chi connectivity index (χ0n) is 35.7. The average molecular weight is 760 g/mol. The Hall–Kier alpha value is -1.92. The number of amides is 1. The van der Waals surface area contributed by atoms with Gasteiger partial charge in [-0.2, -0.15) is 0 Å². The minimum atomic E-state index is -0.861. The summed E-state index contributed by atoms with van der Waals surface area (Å²) in [5.41, 5.74) is 0. The Labute approximate surface area is 334 Å². The number of hydrogen-bond acceptors (Lipinski definition) is 5. The summed E-state index contributed by atoms with van der Waals surface area (Å²) in [7, 11) is 0. The minimum Gasteiger partial charge on any atom is -0.466 e. The van der Waals surface area contributed by atoms with E-state index >= 15 is 0 Å². The molecule has 0 heterocycles. The highest BCUT2D eigenvalue weighted by Crippen LogP contribution is 2.13. The minimum absolute atomic E-state index is 0.0427. The lowest BCUT2D eigenvalue weighted by Gasteiger charge is -2.20. The van der Waals surface area contributed by atoms with E-state index in [1.165, 1.54) is 122 Å². The lowest BCUT2D eigenvalue weighted by molar-refractivity contribution is -0.143. The molecule has 0 aromatic rings. The van der Waals surface area contributed by atoms with Crippen molar-refractivity contribution >= 4 is 11.9 Å². The Balaban J connectivity index is 3.57. The standard InChI is InChI=1S/C48H89NO5/c1-3-5-7-9-11-13-15-17-18-22-26-30-34-38-42-48(53)54-43-39-35-31-27-23-19-21-25-29-33-37-41-47(52)49-45(44-50)46(51)40-36-32-28-24-20-16-14-12-10-8-6-4-2/h15,17,23,27,36,40,45-46,50-51H,3-14,16,18-22,24-26,28-35,37-39,41-44H2,1-2H3,(H,49,52)/b17-15-,27-23-,40-36+. The van der Waals surface area contributed by atoms with Crippen LogP contribution >= 0.6 is 0 Å². The molecule has 0 aromatic carbocycles. The highest BCUT2D eigenvalue weighted by molar-refractivity contribution is 5.76. The van der Waals surface area contributed by atoms with Gasteiger partial charge in [0, 0.05) is 12.8 Å². The monoisotopic (exact) mass is 760 g/mol. The van der Waals surface area contributed by atoms with E-state index in [1.54, 1.807) is 6.08 Å². The van der Waals surface area contributed by atoms with Gasteiger partial charge in [0.2, 0.25) is 5.91 Å². The van der Waals surface area contributed by atoms with E-state index in [-0.39, 0.29) is 18.5 Å². The summed E-state index contributed by atoms with van der Waals surface area (Å²) in [6.45, 7) is 4.78. The number of carbonyl (C=O) groups is 2. The van der Waals surface area contributed by atoms with Gasteiger partial charge >= 0.3 is 5.97 Å². The maximum Gasteiger partial charge on any atom is 0.305 e. The van der Waals surface area contributed by atoms with E-state index < -0.39 is 12.1 Å². The van der Waals surface area contributed by atoms with Gasteiger partial charge in [0.1, 0.15) is 0 Å². The summed E-state index contributed by atoms with van der Waals surface area (Å²) in [4.78, 5) is 24.4. The first-order valence-corrected chi connectivity index (χ1v) is 23.3. The summed E-state index contributed by atoms with van der Waals surface area (Å²) >= 11 is 0. The molecule has 2 atom stereocenters. The molecule has 0 radical (unpaired) electrons. The topological polar surface area (TPSA) is 95.9 Å². The molecule has 3 N–H and O–H groups in total. The number of esters is 1. The van der Waals surface area contributed by atoms with Crippen LogP contribution in [-0.4, -0.2) is 47.4 Å². The summed E-state index contributed by atoms with van der Waals surface area (Å²) < 4.78 is 5.42. The molecule has 6 heteroatoms. The molecule has 0 aliphatic carbocycles. The summed E-state index contributed by atoms with van der Waals surface area (Å²) in [6.07, 6.45) is 51.3. The van der Waals surface area contributed by atoms with Crippen LogP contribution in [0.2, 0.25) is 0 Å². The number of allylic oxidation sites excluding steroid dienone is 5. The van der Waals surface area contributed by atoms with Gasteiger partial charge in [-0.25, -0.2) is 0 Å². The number of aliphatic hydroxyl groups excluding tert-OH is 2. The lowest BCUT2D eigenvalue weighted by atomic mass is 10.1. The summed E-state index contributed by atoms with van der Waals surface area (Å²) in [6, 6.07) is -0.648. The molecule has 0 saturated heterocycles. The molecule has 0 rings (SSSR count). The molecule has 0 bridgehead atoms. The van der Waals surface area contributed by atoms with Gasteiger partial charge in [-0.15, -0.1) is 0 Å². The van der Waals surface area contributed by atoms with Crippen LogP contribution in [0, 0.1) is 0 Å². The van der Waals surface area contributed by atoms with Gasteiger partial charge in [0.25, 0.3) is 0 Å². The zero-order chi connectivity index (χ0) is 39.4. The van der Waals surface area contributed by atoms with E-state index in [0.29, 0.717) is 19.4 Å². The van der Waals surface area contributed by atoms with Crippen LogP contribution in [0.4, 0.5) is 0 Å². The van der Waals surface area contributed by atoms with Gasteiger partial charge in [-0.1, -0.05) is 172 Å². The van der Waals surface area contributed by atoms with Crippen molar-refractivity contribution in [1.29, 1.82) is 0 Å². The SMILES string of the molecule is CCCCCCC/C=C\CCCCCCCC(=O)OCCCC/C=C\CCCCCCCC(=O)NC(CO)C(O)/C=C/CCCCCCCCCCCC. The third-order valence-corrected chi connectivity index (χ3v) is 10.4. The Morgan fingerprint density at radius 2 is 0.870 bits per heavy atom. The zero-order valence-corrected chi connectivity index (χ0v) is 35.7. The van der Waals surface area contributed by atoms with E-state index in [9.17, 15) is 19.8 Å². The molecule has 54 heavy (non-hydrogen) atoms. The molecule has 0 fully saturated rings. The van der Waals surface area contributed by atoms with Crippen LogP contribution in [0.1, 0.15) is 232 Å². The number of aliphatic hydroxyl groups is 2. The van der Waals surface area contributed by atoms with Crippen molar-refractivity contribution in [3.8, 4) is 0 Å². The predicted octanol–water partition coefficient (Wildman–Crippen LogP) is 13.3. The first-order valence-electron chi connectivity index (χ1n) is 23.3. The molecule has 1 amide bonds. The van der Waals surface area contributed by atoms with E-state index in [1.807, 2.05) is 6.08 Å². The van der Waals surface area contributed by atoms with Crippen LogP contribution in [0.25, 0.3) is 0 Å². The number of ether oxygens (including phenoxy) is 1. The van der Waals surface area contributed by atoms with Crippen LogP contribution in [0.3, 0.4) is 0 Å². The molecular weight excluding hydrogens is 671 g/mol. The van der Waals surface area contributed by atoms with Crippen molar-refractivity contribution in [1.82, 2.24) is 5.32 Å². The highest BCUT2D eigenvalue weighted by Gasteiger charge is 2.18. The fourth-order valence-electron chi connectivity index (χ4n) is 6.74. The average Bonchev–Trinajstić information content (AvgIpc) is 3.17. The third kappa shape index (κ3) is 39.8. The second kappa shape index (κ2) is 43.8. The number of unbranched alkanes of at least 4 members (excludes halogenated alkanes) is 27. The van der Waals surface area contributed by atoms with Gasteiger partial charge < -0.3 is 20.3 Å². The van der Waals surface area contributed by atoms with Gasteiger partial charge in [0.05, 0.1) is 25.4 Å². The van der Waals surface area contributed by atoms with E-state index in [4.69, 9.17) is 4.74 Å². The molecule has 0 spiro atoms. The maximum absolute atomic E-state index is 12.4. The largest absolute Gasteiger partial charge is 0.466 e. The summed E-state index contributed by atoms with van der Waals surface area (Å²) in [5, 5.41) is 22.9. The van der Waals surface area contributed by atoms with Gasteiger partial charge in [-0.05, 0) is 83.5 Å². The van der Waals surface area contributed by atoms with Crippen LogP contribution in [0.15, 0.2) is 36.5 Å². The highest BCUT2D eigenvalue weighted by atomic mass is 16.5. The number of carbonyl (C=O) groups excluding carboxylic acids is 2. The molecular formula is C48H89NO5. The van der Waals surface area contributed by atoms with Crippen LogP contribution in [-0.2, 0) is 14.3 Å². The smallest absolute Gasteiger partial charge is 0.305 e. The number of nitrogens with one attached hydrogen (secondary N) is 1. The van der Waals surface area contributed by atoms with Gasteiger partial charge in [-0.3, -0.25) is 9.59 Å². The maximum atomic E-state index is 12.4. The third-order valence-electron chi connectivity index (χ3n) is 10.4. The molecule has 316 valence electrons. The van der Waals surface area contributed by atoms with Crippen LogP contribution < -0.4 is 5.32 Å². The fraction of sp³-hybridized carbons (Fsp3) is 0.833. The predicted molar refractivity (Wildman–Crippen MR) is 232 cm³/mol. The van der Waals surface area contributed by atoms with Crippen molar-refractivity contribution < 1.29 is 24.5 Å². The van der Waals surface area contributed by atoms with Crippen molar-refractivity contribution in [2.24, 2.45) is 0 Å². The van der Waals surface area contributed by atoms with Crippen molar-refractivity contribution in [2.75, 3.05) is 13.2 Å². The quantitative estimate of drug-likeness (QED) is 0.0327. The normalized spacial score (nSPS) is 13.0. The first-order chi connectivity index (χ1) is 26.5. The Morgan fingerprint density at radius 3 is 1.31 bits per heavy atom. The summed E-state index contributed by atoms with van der Waals surface area (Å²) in [5.74, 6) is -0.143. The molecule has 2 unspecified atom stereocenters. The van der Waals surface area contributed by atoms with Gasteiger partial charge in [0.15, 0.2) is 0 Å². The lowest BCUT2D eigenvalue weighted by Crippen LogP contribution is -2.45. The Morgan fingerprint density at radius 1 is 0.500 bits per heavy atom. The van der Waals surface area contributed by atoms with E-state index in [2.05, 4.69) is 43.5 Å². The second-order valence-electron chi connectivity index (χ2n) is 15.7. The first kappa shape index (κ1) is 52.1. The Kier molecular flexibility index (Phi) is 42.2. The molecule has 6 nitrogen and oxygen atoms in total. The fourth-order valence-corrected chi connectivity index (χ4v) is 6.74.